The Morgan fingerprint density at radius 3 is 2.73 bits per heavy atom. The predicted octanol–water partition coefficient (Wildman–Crippen LogP) is 3.46. The highest BCUT2D eigenvalue weighted by Crippen LogP contribution is 2.19. The van der Waals surface area contributed by atoms with E-state index in [1.54, 1.807) is 6.20 Å². The summed E-state index contributed by atoms with van der Waals surface area (Å²) < 4.78 is 0. The molecule has 1 unspecified atom stereocenters. The number of hydrogen-bond acceptors (Lipinski definition) is 4. The van der Waals surface area contributed by atoms with Gasteiger partial charge in [0.15, 0.2) is 0 Å². The number of rotatable bonds is 7. The van der Waals surface area contributed by atoms with Gasteiger partial charge in [-0.1, -0.05) is 19.8 Å². The van der Waals surface area contributed by atoms with Crippen LogP contribution in [0.4, 0.5) is 16.3 Å². The number of nitrogens with one attached hydrogen (secondary N) is 2. The summed E-state index contributed by atoms with van der Waals surface area (Å²) in [6.45, 7) is 7.41. The van der Waals surface area contributed by atoms with Crippen molar-refractivity contribution in [1.29, 1.82) is 0 Å². The first-order valence-corrected chi connectivity index (χ1v) is 10.3. The van der Waals surface area contributed by atoms with Gasteiger partial charge in [0.25, 0.3) is 0 Å². The number of carbonyl (C=O) groups excluding carboxylic acids is 1. The molecule has 0 spiro atoms. The topological polar surface area (TPSA) is 60.5 Å². The third-order valence-corrected chi connectivity index (χ3v) is 5.48. The van der Waals surface area contributed by atoms with Gasteiger partial charge >= 0.3 is 6.03 Å². The monoisotopic (exact) mass is 359 g/mol. The van der Waals surface area contributed by atoms with Gasteiger partial charge in [0.05, 0.1) is 11.9 Å². The predicted molar refractivity (Wildman–Crippen MR) is 107 cm³/mol. The van der Waals surface area contributed by atoms with Crippen molar-refractivity contribution in [1.82, 2.24) is 15.2 Å². The van der Waals surface area contributed by atoms with Crippen LogP contribution in [-0.4, -0.2) is 54.7 Å². The number of anilines is 2. The highest BCUT2D eigenvalue weighted by atomic mass is 16.2. The van der Waals surface area contributed by atoms with Crippen LogP contribution < -0.4 is 15.5 Å². The first kappa shape index (κ1) is 19.0. The molecule has 3 rings (SSSR count). The zero-order valence-electron chi connectivity index (χ0n) is 16.0. The quantitative estimate of drug-likeness (QED) is 0.783. The zero-order chi connectivity index (χ0) is 18.2. The van der Waals surface area contributed by atoms with Gasteiger partial charge in [-0.3, -0.25) is 4.90 Å². The van der Waals surface area contributed by atoms with Crippen LogP contribution in [0.2, 0.25) is 0 Å². The van der Waals surface area contributed by atoms with Crippen molar-refractivity contribution in [3.63, 3.8) is 0 Å². The molecular weight excluding hydrogens is 326 g/mol. The van der Waals surface area contributed by atoms with E-state index in [-0.39, 0.29) is 6.03 Å². The molecule has 26 heavy (non-hydrogen) atoms. The van der Waals surface area contributed by atoms with E-state index in [9.17, 15) is 4.79 Å². The molecule has 0 radical (unpaired) electrons. The standard InChI is InChI=1S/C20H33N5O/c1-2-3-11-24-12-5-4-8-18(24)16-22-20(26)23-17-9-10-19(21-15-17)25-13-6-7-14-25/h9-10,15,18H,2-8,11-14,16H2,1H3,(H2,22,23,26). The van der Waals surface area contributed by atoms with Crippen molar-refractivity contribution in [2.75, 3.05) is 42.9 Å². The van der Waals surface area contributed by atoms with Crippen molar-refractivity contribution in [3.05, 3.63) is 18.3 Å². The largest absolute Gasteiger partial charge is 0.357 e. The number of carbonyl (C=O) groups is 1. The first-order chi connectivity index (χ1) is 12.8. The molecule has 1 atom stereocenters. The highest BCUT2D eigenvalue weighted by molar-refractivity contribution is 5.89. The van der Waals surface area contributed by atoms with Crippen LogP contribution in [0.3, 0.4) is 0 Å². The van der Waals surface area contributed by atoms with Crippen LogP contribution in [0.15, 0.2) is 18.3 Å². The second-order valence-electron chi connectivity index (χ2n) is 7.47. The van der Waals surface area contributed by atoms with Crippen molar-refractivity contribution in [2.45, 2.75) is 57.9 Å². The number of aromatic nitrogens is 1. The molecule has 0 saturated carbocycles. The van der Waals surface area contributed by atoms with E-state index in [0.717, 1.165) is 44.2 Å². The number of nitrogens with zero attached hydrogens (tertiary/aromatic N) is 3. The molecule has 0 bridgehead atoms. The number of likely N-dealkylation sites (tertiary alicyclic amines) is 1. The van der Waals surface area contributed by atoms with Gasteiger partial charge in [-0.2, -0.15) is 0 Å². The maximum Gasteiger partial charge on any atom is 0.319 e. The van der Waals surface area contributed by atoms with Gasteiger partial charge in [0.2, 0.25) is 0 Å². The van der Waals surface area contributed by atoms with E-state index in [0.29, 0.717) is 6.04 Å². The van der Waals surface area contributed by atoms with E-state index in [4.69, 9.17) is 0 Å². The lowest BCUT2D eigenvalue weighted by atomic mass is 10.0. The van der Waals surface area contributed by atoms with Crippen molar-refractivity contribution < 1.29 is 4.79 Å². The van der Waals surface area contributed by atoms with Crippen LogP contribution >= 0.6 is 0 Å². The molecule has 0 aliphatic carbocycles. The summed E-state index contributed by atoms with van der Waals surface area (Å²) in [4.78, 5) is 21.6. The Kier molecular flexibility index (Phi) is 7.12. The molecule has 0 aromatic carbocycles. The summed E-state index contributed by atoms with van der Waals surface area (Å²) in [7, 11) is 0. The third kappa shape index (κ3) is 5.34. The molecule has 3 heterocycles. The fourth-order valence-electron chi connectivity index (χ4n) is 3.93. The van der Waals surface area contributed by atoms with E-state index < -0.39 is 0 Å². The summed E-state index contributed by atoms with van der Waals surface area (Å²) in [6, 6.07) is 4.27. The minimum Gasteiger partial charge on any atom is -0.357 e. The highest BCUT2D eigenvalue weighted by Gasteiger charge is 2.22. The summed E-state index contributed by atoms with van der Waals surface area (Å²) in [5.41, 5.74) is 0.747. The van der Waals surface area contributed by atoms with Gasteiger partial charge in [-0.25, -0.2) is 9.78 Å². The summed E-state index contributed by atoms with van der Waals surface area (Å²) in [5.74, 6) is 1.00. The smallest absolute Gasteiger partial charge is 0.319 e. The maximum atomic E-state index is 12.2. The van der Waals surface area contributed by atoms with Crippen molar-refractivity contribution in [3.8, 4) is 0 Å². The molecule has 1 aromatic rings. The number of hydrogen-bond donors (Lipinski definition) is 2. The molecule has 2 aliphatic rings. The molecule has 2 N–H and O–H groups in total. The Labute approximate surface area is 157 Å². The van der Waals surface area contributed by atoms with Crippen molar-refractivity contribution >= 4 is 17.5 Å². The summed E-state index contributed by atoms with van der Waals surface area (Å²) in [5, 5.41) is 5.95. The third-order valence-electron chi connectivity index (χ3n) is 5.48. The summed E-state index contributed by atoms with van der Waals surface area (Å²) in [6.07, 6.45) is 10.4. The van der Waals surface area contributed by atoms with E-state index >= 15 is 0 Å². The number of unbranched alkanes of at least 4 members (excludes halogenated alkanes) is 1. The van der Waals surface area contributed by atoms with Crippen molar-refractivity contribution in [2.24, 2.45) is 0 Å². The van der Waals surface area contributed by atoms with Crippen LogP contribution in [0.25, 0.3) is 0 Å². The lowest BCUT2D eigenvalue weighted by Gasteiger charge is -2.35. The Hall–Kier alpha value is -1.82. The van der Waals surface area contributed by atoms with Crippen LogP contribution in [0.5, 0.6) is 0 Å². The minimum atomic E-state index is -0.137. The molecule has 1 aromatic heterocycles. The van der Waals surface area contributed by atoms with Crippen LogP contribution in [-0.2, 0) is 0 Å². The molecule has 144 valence electrons. The van der Waals surface area contributed by atoms with Gasteiger partial charge in [-0.15, -0.1) is 0 Å². The Morgan fingerprint density at radius 2 is 2.00 bits per heavy atom. The van der Waals surface area contributed by atoms with E-state index in [1.807, 2.05) is 12.1 Å². The molecule has 2 amide bonds. The van der Waals surface area contributed by atoms with E-state index in [2.05, 4.69) is 32.3 Å². The molecule has 6 nitrogen and oxygen atoms in total. The van der Waals surface area contributed by atoms with E-state index in [1.165, 1.54) is 44.9 Å². The van der Waals surface area contributed by atoms with Gasteiger partial charge in [-0.05, 0) is 57.3 Å². The average molecular weight is 360 g/mol. The molecule has 2 aliphatic heterocycles. The lowest BCUT2D eigenvalue weighted by molar-refractivity contribution is 0.145. The molecular formula is C20H33N5O. The fraction of sp³-hybridized carbons (Fsp3) is 0.700. The number of pyridine rings is 1. The van der Waals surface area contributed by atoms with Crippen LogP contribution in [0.1, 0.15) is 51.9 Å². The second-order valence-corrected chi connectivity index (χ2v) is 7.47. The molecule has 6 heteroatoms. The van der Waals surface area contributed by atoms with Gasteiger partial charge in [0.1, 0.15) is 5.82 Å². The maximum absolute atomic E-state index is 12.2. The number of piperidine rings is 1. The number of amides is 2. The SMILES string of the molecule is CCCCN1CCCCC1CNC(=O)Nc1ccc(N2CCCC2)nc1. The first-order valence-electron chi connectivity index (χ1n) is 10.3. The minimum absolute atomic E-state index is 0.137. The Bertz CT molecular complexity index is 556. The molecule has 2 saturated heterocycles. The fourth-order valence-corrected chi connectivity index (χ4v) is 3.93. The van der Waals surface area contributed by atoms with Crippen LogP contribution in [0, 0.1) is 0 Å². The van der Waals surface area contributed by atoms with Gasteiger partial charge < -0.3 is 15.5 Å². The van der Waals surface area contributed by atoms with Gasteiger partial charge in [0, 0.05) is 25.7 Å². The second kappa shape index (κ2) is 9.76. The Morgan fingerprint density at radius 1 is 1.19 bits per heavy atom. The normalized spacial score (nSPS) is 21.0. The summed E-state index contributed by atoms with van der Waals surface area (Å²) >= 11 is 0. The zero-order valence-corrected chi connectivity index (χ0v) is 16.0. The lowest BCUT2D eigenvalue weighted by Crippen LogP contribution is -2.47. The molecule has 2 fully saturated rings. The Balaban J connectivity index is 1.44. The number of urea groups is 1. The average Bonchev–Trinajstić information content (AvgIpc) is 3.21.